The third-order valence-electron chi connectivity index (χ3n) is 6.43. The summed E-state index contributed by atoms with van der Waals surface area (Å²) in [6.45, 7) is 14.3. The normalized spacial score (nSPS) is 18.4. The minimum atomic E-state index is 0.361. The number of nitrogens with one attached hydrogen (secondary N) is 1. The van der Waals surface area contributed by atoms with Gasteiger partial charge in [0.2, 0.25) is 0 Å². The van der Waals surface area contributed by atoms with E-state index >= 15 is 0 Å². The molecule has 1 aliphatic heterocycles. The van der Waals surface area contributed by atoms with Gasteiger partial charge in [0.15, 0.2) is 10.8 Å². The molecule has 0 aliphatic carbocycles. The summed E-state index contributed by atoms with van der Waals surface area (Å²) in [5.74, 6) is 0.361. The second-order valence-corrected chi connectivity index (χ2v) is 9.85. The summed E-state index contributed by atoms with van der Waals surface area (Å²) in [7, 11) is 2.19. The minimum absolute atomic E-state index is 0.361. The molecule has 1 atom stereocenters. The van der Waals surface area contributed by atoms with Gasteiger partial charge in [0.05, 0.1) is 5.69 Å². The third-order valence-corrected chi connectivity index (χ3v) is 7.44. The van der Waals surface area contributed by atoms with Crippen LogP contribution in [0.2, 0.25) is 0 Å². The van der Waals surface area contributed by atoms with Gasteiger partial charge in [0, 0.05) is 43.0 Å². The molecular formula is C22H29N7S. The Morgan fingerprint density at radius 2 is 2.00 bits per heavy atom. The lowest BCUT2D eigenvalue weighted by atomic mass is 9.96. The summed E-state index contributed by atoms with van der Waals surface area (Å²) in [5, 5.41) is 5.51. The molecule has 30 heavy (non-hydrogen) atoms. The quantitative estimate of drug-likeness (QED) is 0.535. The molecule has 0 saturated carbocycles. The summed E-state index contributed by atoms with van der Waals surface area (Å²) < 4.78 is 1.88. The van der Waals surface area contributed by atoms with Crippen molar-refractivity contribution in [3.05, 3.63) is 29.2 Å². The number of aromatic nitrogens is 5. The Labute approximate surface area is 180 Å². The first-order chi connectivity index (χ1) is 14.3. The van der Waals surface area contributed by atoms with Gasteiger partial charge in [-0.15, -0.1) is 0 Å². The Morgan fingerprint density at radius 3 is 2.73 bits per heavy atom. The Bertz CT molecular complexity index is 1230. The molecule has 1 fully saturated rings. The molecule has 1 saturated heterocycles. The SMILES string of the molecule is Cc1c(-c2[nH]c3sc(N4CCN(C)CC4C)nc3c2C(C)C)cn2ncnc2c1C. The smallest absolute Gasteiger partial charge is 0.188 e. The molecule has 1 aliphatic rings. The number of H-pyrrole nitrogens is 1. The lowest BCUT2D eigenvalue weighted by Crippen LogP contribution is -2.50. The number of aromatic amines is 1. The zero-order valence-electron chi connectivity index (χ0n) is 18.5. The van der Waals surface area contributed by atoms with Crippen molar-refractivity contribution in [2.24, 2.45) is 0 Å². The summed E-state index contributed by atoms with van der Waals surface area (Å²) in [6.07, 6.45) is 3.71. The molecule has 0 aromatic carbocycles. The van der Waals surface area contributed by atoms with E-state index in [1.165, 1.54) is 16.7 Å². The molecule has 0 bridgehead atoms. The number of pyridine rings is 1. The van der Waals surface area contributed by atoms with E-state index in [0.717, 1.165) is 52.0 Å². The van der Waals surface area contributed by atoms with Crippen LogP contribution in [0.15, 0.2) is 12.5 Å². The molecule has 7 nitrogen and oxygen atoms in total. The van der Waals surface area contributed by atoms with E-state index in [1.54, 1.807) is 17.7 Å². The van der Waals surface area contributed by atoms with E-state index in [2.05, 4.69) is 72.7 Å². The molecule has 0 spiro atoms. The lowest BCUT2D eigenvalue weighted by Gasteiger charge is -2.38. The summed E-state index contributed by atoms with van der Waals surface area (Å²) in [6, 6.07) is 0.473. The van der Waals surface area contributed by atoms with Crippen LogP contribution in [0.4, 0.5) is 5.13 Å². The van der Waals surface area contributed by atoms with Crippen molar-refractivity contribution in [2.75, 3.05) is 31.6 Å². The van der Waals surface area contributed by atoms with E-state index in [4.69, 9.17) is 4.98 Å². The molecular weight excluding hydrogens is 394 g/mol. The van der Waals surface area contributed by atoms with Crippen LogP contribution in [0.3, 0.4) is 0 Å². The molecule has 4 aromatic heterocycles. The topological polar surface area (TPSA) is 65.4 Å². The molecule has 0 radical (unpaired) electrons. The molecule has 8 heteroatoms. The number of rotatable bonds is 3. The van der Waals surface area contributed by atoms with Gasteiger partial charge in [0.25, 0.3) is 0 Å². The Hall–Kier alpha value is -2.45. The van der Waals surface area contributed by atoms with Gasteiger partial charge in [-0.2, -0.15) is 5.10 Å². The highest BCUT2D eigenvalue weighted by atomic mass is 32.1. The summed E-state index contributed by atoms with van der Waals surface area (Å²) in [5.41, 5.74) is 8.05. The number of hydrogen-bond donors (Lipinski definition) is 1. The Balaban J connectivity index is 1.65. The number of nitrogens with zero attached hydrogens (tertiary/aromatic N) is 6. The van der Waals surface area contributed by atoms with Gasteiger partial charge in [-0.3, -0.25) is 0 Å². The summed E-state index contributed by atoms with van der Waals surface area (Å²) in [4.78, 5) is 19.3. The van der Waals surface area contributed by atoms with Crippen LogP contribution in [0.25, 0.3) is 27.3 Å². The Morgan fingerprint density at radius 1 is 1.20 bits per heavy atom. The van der Waals surface area contributed by atoms with E-state index in [9.17, 15) is 0 Å². The summed E-state index contributed by atoms with van der Waals surface area (Å²) >= 11 is 1.78. The van der Waals surface area contributed by atoms with Gasteiger partial charge in [-0.1, -0.05) is 25.2 Å². The van der Waals surface area contributed by atoms with Crippen molar-refractivity contribution >= 4 is 32.5 Å². The molecule has 158 valence electrons. The van der Waals surface area contributed by atoms with Crippen molar-refractivity contribution in [1.29, 1.82) is 0 Å². The number of likely N-dealkylation sites (N-methyl/N-ethyl adjacent to an activating group) is 1. The first-order valence-electron chi connectivity index (χ1n) is 10.6. The zero-order valence-corrected chi connectivity index (χ0v) is 19.3. The first kappa shape index (κ1) is 19.5. The predicted octanol–water partition coefficient (Wildman–Crippen LogP) is 4.21. The number of piperazine rings is 1. The maximum Gasteiger partial charge on any atom is 0.188 e. The van der Waals surface area contributed by atoms with Gasteiger partial charge in [-0.05, 0) is 44.9 Å². The van der Waals surface area contributed by atoms with Crippen molar-refractivity contribution in [3.63, 3.8) is 0 Å². The van der Waals surface area contributed by atoms with E-state index < -0.39 is 0 Å². The predicted molar refractivity (Wildman–Crippen MR) is 124 cm³/mol. The fourth-order valence-electron chi connectivity index (χ4n) is 4.65. The largest absolute Gasteiger partial charge is 0.344 e. The molecule has 0 amide bonds. The number of fused-ring (bicyclic) bond motifs is 2. The first-order valence-corrected chi connectivity index (χ1v) is 11.4. The van der Waals surface area contributed by atoms with Crippen molar-refractivity contribution in [3.8, 4) is 11.3 Å². The van der Waals surface area contributed by atoms with Gasteiger partial charge < -0.3 is 14.8 Å². The number of hydrogen-bond acceptors (Lipinski definition) is 6. The highest BCUT2D eigenvalue weighted by Gasteiger charge is 2.27. The molecule has 1 N–H and O–H groups in total. The average molecular weight is 424 g/mol. The highest BCUT2D eigenvalue weighted by Crippen LogP contribution is 2.41. The van der Waals surface area contributed by atoms with Crippen molar-refractivity contribution in [1.82, 2.24) is 29.5 Å². The maximum atomic E-state index is 5.14. The van der Waals surface area contributed by atoms with Crippen LogP contribution in [0, 0.1) is 13.8 Å². The molecule has 5 rings (SSSR count). The number of aryl methyl sites for hydroxylation is 1. The van der Waals surface area contributed by atoms with Crippen LogP contribution in [0.1, 0.15) is 43.4 Å². The monoisotopic (exact) mass is 423 g/mol. The molecule has 1 unspecified atom stereocenters. The minimum Gasteiger partial charge on any atom is -0.344 e. The van der Waals surface area contributed by atoms with E-state index in [0.29, 0.717) is 12.0 Å². The standard InChI is InChI=1S/C22H29N7S/c1-12(2)17-18(16-10-29-20(23-11-24-29)15(5)14(16)4)25-21-19(17)26-22(30-21)28-8-7-27(6)9-13(28)3/h10-13,25H,7-9H2,1-6H3. The van der Waals surface area contributed by atoms with Gasteiger partial charge >= 0.3 is 0 Å². The van der Waals surface area contributed by atoms with Crippen LogP contribution < -0.4 is 4.90 Å². The fraction of sp³-hybridized carbons (Fsp3) is 0.500. The highest BCUT2D eigenvalue weighted by molar-refractivity contribution is 7.21. The fourth-order valence-corrected chi connectivity index (χ4v) is 5.76. The Kier molecular flexibility index (Phi) is 4.59. The van der Waals surface area contributed by atoms with Crippen LogP contribution in [-0.2, 0) is 0 Å². The zero-order chi connectivity index (χ0) is 21.2. The van der Waals surface area contributed by atoms with E-state index in [-0.39, 0.29) is 0 Å². The average Bonchev–Trinajstić information content (AvgIpc) is 3.38. The third kappa shape index (κ3) is 2.93. The van der Waals surface area contributed by atoms with Gasteiger partial charge in [0.1, 0.15) is 16.7 Å². The number of thiazole rings is 1. The lowest BCUT2D eigenvalue weighted by molar-refractivity contribution is 0.275. The van der Waals surface area contributed by atoms with E-state index in [1.807, 2.05) is 4.52 Å². The second kappa shape index (κ2) is 7.06. The molecule has 5 heterocycles. The van der Waals surface area contributed by atoms with Gasteiger partial charge in [-0.25, -0.2) is 14.5 Å². The van der Waals surface area contributed by atoms with Crippen LogP contribution in [-0.4, -0.2) is 62.2 Å². The number of anilines is 1. The van der Waals surface area contributed by atoms with Crippen molar-refractivity contribution in [2.45, 2.75) is 46.6 Å². The maximum absolute atomic E-state index is 5.14. The van der Waals surface area contributed by atoms with Crippen LogP contribution in [0.5, 0.6) is 0 Å². The van der Waals surface area contributed by atoms with Crippen molar-refractivity contribution < 1.29 is 0 Å². The molecule has 4 aromatic rings. The van der Waals surface area contributed by atoms with Crippen LogP contribution >= 0.6 is 11.3 Å². The second-order valence-electron chi connectivity index (χ2n) is 8.87.